The van der Waals surface area contributed by atoms with Gasteiger partial charge in [-0.1, -0.05) is 35.9 Å². The summed E-state index contributed by atoms with van der Waals surface area (Å²) in [6.45, 7) is 0. The first-order chi connectivity index (χ1) is 10.8. The van der Waals surface area contributed by atoms with Crippen LogP contribution >= 0.6 is 11.6 Å². The van der Waals surface area contributed by atoms with Crippen LogP contribution in [0.3, 0.4) is 0 Å². The van der Waals surface area contributed by atoms with Crippen molar-refractivity contribution in [3.8, 4) is 0 Å². The van der Waals surface area contributed by atoms with Crippen LogP contribution in [-0.2, 0) is 16.4 Å². The van der Waals surface area contributed by atoms with Crippen molar-refractivity contribution in [2.24, 2.45) is 0 Å². The molecule has 2 aromatic rings. The van der Waals surface area contributed by atoms with E-state index in [-0.39, 0.29) is 5.69 Å². The van der Waals surface area contributed by atoms with Gasteiger partial charge in [0.25, 0.3) is 0 Å². The van der Waals surface area contributed by atoms with Crippen LogP contribution in [0.4, 0.5) is 18.9 Å². The van der Waals surface area contributed by atoms with Crippen molar-refractivity contribution in [2.75, 3.05) is 5.32 Å². The average Bonchev–Trinajstić information content (AvgIpc) is 3.29. The van der Waals surface area contributed by atoms with E-state index >= 15 is 0 Å². The third-order valence-electron chi connectivity index (χ3n) is 4.06. The van der Waals surface area contributed by atoms with Gasteiger partial charge in [0.05, 0.1) is 16.7 Å². The van der Waals surface area contributed by atoms with E-state index in [9.17, 15) is 18.0 Å². The number of alkyl halides is 3. The van der Waals surface area contributed by atoms with Gasteiger partial charge in [-0.2, -0.15) is 13.2 Å². The number of hydrogen-bond acceptors (Lipinski definition) is 1. The first kappa shape index (κ1) is 15.9. The zero-order chi connectivity index (χ0) is 16.7. The quantitative estimate of drug-likeness (QED) is 0.835. The Hall–Kier alpha value is -2.01. The fourth-order valence-electron chi connectivity index (χ4n) is 2.62. The van der Waals surface area contributed by atoms with E-state index in [4.69, 9.17) is 11.6 Å². The molecular weight excluding hydrogens is 327 g/mol. The number of anilines is 1. The Morgan fingerprint density at radius 2 is 1.65 bits per heavy atom. The number of hydrogen-bond donors (Lipinski definition) is 1. The SMILES string of the molecule is O=C(Nc1ccccc1C(F)(F)F)C1(c2ccc(Cl)cc2)CC1. The normalized spacial score (nSPS) is 16.0. The largest absolute Gasteiger partial charge is 0.418 e. The minimum Gasteiger partial charge on any atom is -0.325 e. The second kappa shape index (κ2) is 5.57. The van der Waals surface area contributed by atoms with Crippen LogP contribution in [0.2, 0.25) is 5.02 Å². The second-order valence-corrected chi connectivity index (χ2v) is 6.02. The number of amides is 1. The molecule has 0 saturated heterocycles. The molecule has 3 rings (SSSR count). The highest BCUT2D eigenvalue weighted by Crippen LogP contribution is 2.49. The number of nitrogens with one attached hydrogen (secondary N) is 1. The molecule has 0 radical (unpaired) electrons. The Labute approximate surface area is 136 Å². The van der Waals surface area contributed by atoms with Crippen molar-refractivity contribution >= 4 is 23.2 Å². The summed E-state index contributed by atoms with van der Waals surface area (Å²) in [4.78, 5) is 12.5. The summed E-state index contributed by atoms with van der Waals surface area (Å²) in [5, 5.41) is 2.99. The highest BCUT2D eigenvalue weighted by Gasteiger charge is 2.51. The zero-order valence-electron chi connectivity index (χ0n) is 12.0. The maximum Gasteiger partial charge on any atom is 0.418 e. The first-order valence-corrected chi connectivity index (χ1v) is 7.44. The van der Waals surface area contributed by atoms with Gasteiger partial charge in [0.15, 0.2) is 0 Å². The summed E-state index contributed by atoms with van der Waals surface area (Å²) in [6.07, 6.45) is -3.30. The molecule has 0 aromatic heterocycles. The van der Waals surface area contributed by atoms with Crippen molar-refractivity contribution in [2.45, 2.75) is 24.4 Å². The molecule has 120 valence electrons. The van der Waals surface area contributed by atoms with Gasteiger partial charge < -0.3 is 5.32 Å². The van der Waals surface area contributed by atoms with E-state index in [0.717, 1.165) is 11.6 Å². The van der Waals surface area contributed by atoms with Gasteiger partial charge in [-0.05, 0) is 42.7 Å². The highest BCUT2D eigenvalue weighted by atomic mass is 35.5. The lowest BCUT2D eigenvalue weighted by atomic mass is 9.95. The molecule has 2 aromatic carbocycles. The van der Waals surface area contributed by atoms with Crippen LogP contribution in [0, 0.1) is 0 Å². The fraction of sp³-hybridized carbons (Fsp3) is 0.235. The lowest BCUT2D eigenvalue weighted by Crippen LogP contribution is -2.28. The van der Waals surface area contributed by atoms with Crippen LogP contribution in [0.25, 0.3) is 0 Å². The topological polar surface area (TPSA) is 29.1 Å². The Kier molecular flexibility index (Phi) is 3.84. The maximum atomic E-state index is 13.0. The number of rotatable bonds is 3. The highest BCUT2D eigenvalue weighted by molar-refractivity contribution is 6.30. The van der Waals surface area contributed by atoms with Gasteiger partial charge in [-0.3, -0.25) is 4.79 Å². The smallest absolute Gasteiger partial charge is 0.325 e. The first-order valence-electron chi connectivity index (χ1n) is 7.07. The number of halogens is 4. The third kappa shape index (κ3) is 3.06. The summed E-state index contributed by atoms with van der Waals surface area (Å²) in [7, 11) is 0. The van der Waals surface area contributed by atoms with E-state index in [2.05, 4.69) is 5.32 Å². The number of para-hydroxylation sites is 1. The summed E-state index contributed by atoms with van der Waals surface area (Å²) >= 11 is 5.84. The molecule has 1 N–H and O–H groups in total. The van der Waals surface area contributed by atoms with Gasteiger partial charge in [0.2, 0.25) is 5.91 Å². The Morgan fingerprint density at radius 1 is 1.04 bits per heavy atom. The van der Waals surface area contributed by atoms with Gasteiger partial charge in [0.1, 0.15) is 0 Å². The molecule has 23 heavy (non-hydrogen) atoms. The molecule has 1 fully saturated rings. The Bertz CT molecular complexity index is 736. The average molecular weight is 340 g/mol. The van der Waals surface area contributed by atoms with Crippen molar-refractivity contribution in [1.82, 2.24) is 0 Å². The van der Waals surface area contributed by atoms with E-state index in [1.165, 1.54) is 18.2 Å². The van der Waals surface area contributed by atoms with Gasteiger partial charge in [0, 0.05) is 5.02 Å². The van der Waals surface area contributed by atoms with Crippen LogP contribution < -0.4 is 5.32 Å². The van der Waals surface area contributed by atoms with Crippen LogP contribution in [-0.4, -0.2) is 5.91 Å². The lowest BCUT2D eigenvalue weighted by Gasteiger charge is -2.18. The van der Waals surface area contributed by atoms with Gasteiger partial charge in [-0.15, -0.1) is 0 Å². The van der Waals surface area contributed by atoms with Gasteiger partial charge in [-0.25, -0.2) is 0 Å². The minimum atomic E-state index is -4.51. The van der Waals surface area contributed by atoms with Crippen LogP contribution in [0.1, 0.15) is 24.0 Å². The fourth-order valence-corrected chi connectivity index (χ4v) is 2.75. The molecule has 0 aliphatic heterocycles. The molecule has 1 aliphatic rings. The molecule has 0 heterocycles. The molecular formula is C17H13ClF3NO. The zero-order valence-corrected chi connectivity index (χ0v) is 12.7. The predicted octanol–water partition coefficient (Wildman–Crippen LogP) is 5.03. The monoisotopic (exact) mass is 339 g/mol. The Morgan fingerprint density at radius 3 is 2.22 bits per heavy atom. The summed E-state index contributed by atoms with van der Waals surface area (Å²) in [6, 6.07) is 11.8. The molecule has 0 spiro atoms. The van der Waals surface area contributed by atoms with E-state index in [1.807, 2.05) is 0 Å². The van der Waals surface area contributed by atoms with E-state index < -0.39 is 23.1 Å². The molecule has 1 saturated carbocycles. The number of benzene rings is 2. The molecule has 0 unspecified atom stereocenters. The molecule has 1 aliphatic carbocycles. The van der Waals surface area contributed by atoms with Crippen LogP contribution in [0.15, 0.2) is 48.5 Å². The van der Waals surface area contributed by atoms with E-state index in [1.54, 1.807) is 24.3 Å². The van der Waals surface area contributed by atoms with E-state index in [0.29, 0.717) is 17.9 Å². The molecule has 2 nitrogen and oxygen atoms in total. The third-order valence-corrected chi connectivity index (χ3v) is 4.31. The number of carbonyl (C=O) groups is 1. The standard InChI is InChI=1S/C17H13ClF3NO/c18-12-7-5-11(6-8-12)16(9-10-16)15(23)22-14-4-2-1-3-13(14)17(19,20)21/h1-8H,9-10H2,(H,22,23). The lowest BCUT2D eigenvalue weighted by molar-refractivity contribution is -0.137. The molecule has 6 heteroatoms. The maximum absolute atomic E-state index is 13.0. The van der Waals surface area contributed by atoms with Crippen molar-refractivity contribution in [1.29, 1.82) is 0 Å². The van der Waals surface area contributed by atoms with Crippen molar-refractivity contribution < 1.29 is 18.0 Å². The minimum absolute atomic E-state index is 0.217. The summed E-state index contributed by atoms with van der Waals surface area (Å²) < 4.78 is 39.0. The van der Waals surface area contributed by atoms with Crippen molar-refractivity contribution in [3.63, 3.8) is 0 Å². The number of carbonyl (C=O) groups excluding carboxylic acids is 1. The summed E-state index contributed by atoms with van der Waals surface area (Å²) in [5.41, 5.74) is -1.06. The summed E-state index contributed by atoms with van der Waals surface area (Å²) in [5.74, 6) is -0.420. The predicted molar refractivity (Wildman–Crippen MR) is 82.4 cm³/mol. The molecule has 0 atom stereocenters. The second-order valence-electron chi connectivity index (χ2n) is 5.59. The Balaban J connectivity index is 1.87. The molecule has 0 bridgehead atoms. The molecule has 1 amide bonds. The van der Waals surface area contributed by atoms with Crippen molar-refractivity contribution in [3.05, 3.63) is 64.7 Å². The van der Waals surface area contributed by atoms with Gasteiger partial charge >= 0.3 is 6.18 Å². The van der Waals surface area contributed by atoms with Crippen LogP contribution in [0.5, 0.6) is 0 Å².